The summed E-state index contributed by atoms with van der Waals surface area (Å²) in [6.45, 7) is 2.62. The van der Waals surface area contributed by atoms with Crippen molar-refractivity contribution in [1.82, 2.24) is 5.32 Å². The van der Waals surface area contributed by atoms with Crippen LogP contribution in [0.3, 0.4) is 0 Å². The van der Waals surface area contributed by atoms with E-state index < -0.39 is 0 Å². The Labute approximate surface area is 91.6 Å². The smallest absolute Gasteiger partial charge is 0.0720 e. The van der Waals surface area contributed by atoms with E-state index >= 15 is 0 Å². The molecule has 0 heterocycles. The summed E-state index contributed by atoms with van der Waals surface area (Å²) in [5.41, 5.74) is 2.66. The quantitative estimate of drug-likeness (QED) is 0.769. The summed E-state index contributed by atoms with van der Waals surface area (Å²) < 4.78 is 5.70. The number of nitrogens with one attached hydrogen (secondary N) is 1. The Bertz CT molecular complexity index is 307. The molecule has 1 fully saturated rings. The lowest BCUT2D eigenvalue weighted by atomic mass is 10.1. The van der Waals surface area contributed by atoms with Crippen molar-refractivity contribution in [2.75, 3.05) is 13.7 Å². The maximum atomic E-state index is 5.70. The highest BCUT2D eigenvalue weighted by Crippen LogP contribution is 2.29. The summed E-state index contributed by atoms with van der Waals surface area (Å²) in [6.07, 6.45) is 2.72. The molecule has 0 unspecified atom stereocenters. The number of benzene rings is 1. The van der Waals surface area contributed by atoms with Gasteiger partial charge in [-0.3, -0.25) is 0 Å². The molecule has 1 aromatic carbocycles. The van der Waals surface area contributed by atoms with Crippen LogP contribution in [-0.4, -0.2) is 13.7 Å². The van der Waals surface area contributed by atoms with Gasteiger partial charge in [0.25, 0.3) is 0 Å². The number of hydrogen-bond acceptors (Lipinski definition) is 2. The van der Waals surface area contributed by atoms with E-state index in [0.717, 1.165) is 25.7 Å². The van der Waals surface area contributed by atoms with Gasteiger partial charge in [0.05, 0.1) is 6.61 Å². The Morgan fingerprint density at radius 1 is 1.27 bits per heavy atom. The second-order valence-electron chi connectivity index (χ2n) is 4.26. The highest BCUT2D eigenvalue weighted by Gasteiger charge is 2.21. The fourth-order valence-electron chi connectivity index (χ4n) is 1.68. The van der Waals surface area contributed by atoms with Crippen LogP contribution in [0.5, 0.6) is 0 Å². The van der Waals surface area contributed by atoms with Crippen LogP contribution in [0, 0.1) is 5.92 Å². The predicted octanol–water partition coefficient (Wildman–Crippen LogP) is 2.33. The lowest BCUT2D eigenvalue weighted by Crippen LogP contribution is -2.08. The molecular formula is C13H19NO. The fourth-order valence-corrected chi connectivity index (χ4v) is 1.68. The van der Waals surface area contributed by atoms with E-state index in [4.69, 9.17) is 4.74 Å². The third kappa shape index (κ3) is 3.33. The molecule has 82 valence electrons. The Balaban J connectivity index is 1.86. The van der Waals surface area contributed by atoms with Crippen molar-refractivity contribution >= 4 is 0 Å². The van der Waals surface area contributed by atoms with Gasteiger partial charge in [0, 0.05) is 13.2 Å². The Hall–Kier alpha value is -0.860. The monoisotopic (exact) mass is 205 g/mol. The van der Waals surface area contributed by atoms with Crippen LogP contribution >= 0.6 is 0 Å². The second kappa shape index (κ2) is 5.29. The van der Waals surface area contributed by atoms with E-state index in [1.54, 1.807) is 0 Å². The zero-order valence-corrected chi connectivity index (χ0v) is 9.33. The molecule has 0 saturated heterocycles. The van der Waals surface area contributed by atoms with Gasteiger partial charge in [-0.05, 0) is 36.9 Å². The van der Waals surface area contributed by atoms with Crippen LogP contribution < -0.4 is 5.32 Å². The highest BCUT2D eigenvalue weighted by molar-refractivity contribution is 5.26. The van der Waals surface area contributed by atoms with Gasteiger partial charge < -0.3 is 10.1 Å². The minimum absolute atomic E-state index is 0.758. The standard InChI is InChI=1S/C13H19NO/c1-14-8-12-4-2-3-5-13(12)10-15-9-11-6-7-11/h2-5,11,14H,6-10H2,1H3. The first-order valence-electron chi connectivity index (χ1n) is 5.69. The molecule has 1 saturated carbocycles. The predicted molar refractivity (Wildman–Crippen MR) is 61.6 cm³/mol. The molecule has 1 aliphatic rings. The average molecular weight is 205 g/mol. The van der Waals surface area contributed by atoms with Crippen molar-refractivity contribution in [3.63, 3.8) is 0 Å². The van der Waals surface area contributed by atoms with Gasteiger partial charge in [0.2, 0.25) is 0 Å². The van der Waals surface area contributed by atoms with Crippen LogP contribution in [0.4, 0.5) is 0 Å². The van der Waals surface area contributed by atoms with E-state index in [0.29, 0.717) is 0 Å². The molecule has 0 amide bonds. The molecule has 1 N–H and O–H groups in total. The normalized spacial score (nSPS) is 15.5. The van der Waals surface area contributed by atoms with E-state index in [2.05, 4.69) is 29.6 Å². The van der Waals surface area contributed by atoms with Gasteiger partial charge in [-0.15, -0.1) is 0 Å². The van der Waals surface area contributed by atoms with Gasteiger partial charge in [-0.25, -0.2) is 0 Å². The average Bonchev–Trinajstić information content (AvgIpc) is 3.05. The van der Waals surface area contributed by atoms with Crippen molar-refractivity contribution in [2.45, 2.75) is 26.0 Å². The molecule has 2 nitrogen and oxygen atoms in total. The van der Waals surface area contributed by atoms with Crippen LogP contribution in [-0.2, 0) is 17.9 Å². The lowest BCUT2D eigenvalue weighted by Gasteiger charge is -2.09. The maximum absolute atomic E-state index is 5.70. The first-order chi connectivity index (χ1) is 7.40. The van der Waals surface area contributed by atoms with E-state index in [1.807, 2.05) is 7.05 Å². The van der Waals surface area contributed by atoms with E-state index in [-0.39, 0.29) is 0 Å². The van der Waals surface area contributed by atoms with Gasteiger partial charge in [-0.2, -0.15) is 0 Å². The van der Waals surface area contributed by atoms with Crippen LogP contribution in [0.25, 0.3) is 0 Å². The summed E-state index contributed by atoms with van der Waals surface area (Å²) in [5, 5.41) is 3.18. The van der Waals surface area contributed by atoms with Crippen LogP contribution in [0.2, 0.25) is 0 Å². The highest BCUT2D eigenvalue weighted by atomic mass is 16.5. The fraction of sp³-hybridized carbons (Fsp3) is 0.538. The Morgan fingerprint density at radius 2 is 2.00 bits per heavy atom. The summed E-state index contributed by atoms with van der Waals surface area (Å²) >= 11 is 0. The van der Waals surface area contributed by atoms with Gasteiger partial charge in [0.1, 0.15) is 0 Å². The van der Waals surface area contributed by atoms with E-state index in [9.17, 15) is 0 Å². The number of ether oxygens (including phenoxy) is 1. The molecule has 0 aliphatic heterocycles. The van der Waals surface area contributed by atoms with Crippen molar-refractivity contribution < 1.29 is 4.74 Å². The minimum atomic E-state index is 0.758. The van der Waals surface area contributed by atoms with Crippen molar-refractivity contribution in [1.29, 1.82) is 0 Å². The number of rotatable bonds is 6. The second-order valence-corrected chi connectivity index (χ2v) is 4.26. The van der Waals surface area contributed by atoms with Gasteiger partial charge in [-0.1, -0.05) is 24.3 Å². The minimum Gasteiger partial charge on any atom is -0.376 e. The lowest BCUT2D eigenvalue weighted by molar-refractivity contribution is 0.110. The molecule has 2 rings (SSSR count). The van der Waals surface area contributed by atoms with E-state index in [1.165, 1.54) is 24.0 Å². The molecule has 0 aromatic heterocycles. The molecule has 2 heteroatoms. The van der Waals surface area contributed by atoms with Crippen LogP contribution in [0.15, 0.2) is 24.3 Å². The molecule has 0 spiro atoms. The summed E-state index contributed by atoms with van der Waals surface area (Å²) in [6, 6.07) is 8.47. The number of hydrogen-bond donors (Lipinski definition) is 1. The summed E-state index contributed by atoms with van der Waals surface area (Å²) in [5.74, 6) is 0.849. The maximum Gasteiger partial charge on any atom is 0.0720 e. The first-order valence-corrected chi connectivity index (χ1v) is 5.69. The third-order valence-corrected chi connectivity index (χ3v) is 2.79. The largest absolute Gasteiger partial charge is 0.376 e. The molecule has 1 aliphatic carbocycles. The zero-order valence-electron chi connectivity index (χ0n) is 9.33. The van der Waals surface area contributed by atoms with Crippen molar-refractivity contribution in [3.8, 4) is 0 Å². The summed E-state index contributed by atoms with van der Waals surface area (Å²) in [4.78, 5) is 0. The van der Waals surface area contributed by atoms with Crippen molar-refractivity contribution in [3.05, 3.63) is 35.4 Å². The SMILES string of the molecule is CNCc1ccccc1COCC1CC1. The molecular weight excluding hydrogens is 186 g/mol. The molecule has 1 aromatic rings. The molecule has 15 heavy (non-hydrogen) atoms. The zero-order chi connectivity index (χ0) is 10.5. The van der Waals surface area contributed by atoms with Crippen LogP contribution in [0.1, 0.15) is 24.0 Å². The van der Waals surface area contributed by atoms with Crippen molar-refractivity contribution in [2.24, 2.45) is 5.92 Å². The topological polar surface area (TPSA) is 21.3 Å². The Kier molecular flexibility index (Phi) is 3.75. The van der Waals surface area contributed by atoms with Gasteiger partial charge >= 0.3 is 0 Å². The van der Waals surface area contributed by atoms with Gasteiger partial charge in [0.15, 0.2) is 0 Å². The Morgan fingerprint density at radius 3 is 2.67 bits per heavy atom. The third-order valence-electron chi connectivity index (χ3n) is 2.79. The summed E-state index contributed by atoms with van der Waals surface area (Å²) in [7, 11) is 1.97. The first kappa shape index (κ1) is 10.7. The molecule has 0 radical (unpaired) electrons. The molecule has 0 atom stereocenters. The molecule has 0 bridgehead atoms.